The lowest BCUT2D eigenvalue weighted by atomic mass is 10.00. The Morgan fingerprint density at radius 1 is 1.00 bits per heavy atom. The maximum Gasteiger partial charge on any atom is 0.203 e. The van der Waals surface area contributed by atoms with Crippen molar-refractivity contribution in [1.29, 1.82) is 0 Å². The molecule has 0 unspecified atom stereocenters. The zero-order chi connectivity index (χ0) is 24.9. The maximum atomic E-state index is 13.9. The molecule has 5 aromatic rings. The smallest absolute Gasteiger partial charge is 0.203 e. The second-order valence-electron chi connectivity index (χ2n) is 8.00. The van der Waals surface area contributed by atoms with E-state index >= 15 is 0 Å². The summed E-state index contributed by atoms with van der Waals surface area (Å²) < 4.78 is 32.0. The molecule has 0 aliphatic carbocycles. The Morgan fingerprint density at radius 3 is 2.37 bits per heavy atom. The highest BCUT2D eigenvalue weighted by atomic mass is 35.5. The summed E-state index contributed by atoms with van der Waals surface area (Å²) in [5, 5.41) is 0.822. The zero-order valence-corrected chi connectivity index (χ0v) is 20.2. The predicted octanol–water partition coefficient (Wildman–Crippen LogP) is 5.77. The monoisotopic (exact) mass is 493 g/mol. The number of halogens is 2. The quantitative estimate of drug-likeness (QED) is 0.304. The van der Waals surface area contributed by atoms with Gasteiger partial charge in [0.05, 0.1) is 37.4 Å². The highest BCUT2D eigenvalue weighted by Gasteiger charge is 2.20. The predicted molar refractivity (Wildman–Crippen MR) is 133 cm³/mol. The molecule has 7 nitrogen and oxygen atoms in total. The first-order chi connectivity index (χ1) is 16.8. The molecule has 1 N–H and O–H groups in total. The third-order valence-corrected chi connectivity index (χ3v) is 6.25. The van der Waals surface area contributed by atoms with Gasteiger partial charge in [-0.2, -0.15) is 0 Å². The van der Waals surface area contributed by atoms with E-state index in [0.29, 0.717) is 45.2 Å². The van der Waals surface area contributed by atoms with Gasteiger partial charge in [0, 0.05) is 46.9 Å². The molecule has 0 radical (unpaired) electrons. The lowest BCUT2D eigenvalue weighted by molar-refractivity contribution is 0.103. The number of ether oxygens (including phenoxy) is 3. The van der Waals surface area contributed by atoms with Gasteiger partial charge in [-0.1, -0.05) is 11.6 Å². The van der Waals surface area contributed by atoms with Crippen LogP contribution in [0.2, 0.25) is 5.02 Å². The van der Waals surface area contributed by atoms with E-state index in [0.717, 1.165) is 16.5 Å². The van der Waals surface area contributed by atoms with Crippen LogP contribution in [0.3, 0.4) is 0 Å². The minimum absolute atomic E-state index is 0.00620. The lowest BCUT2D eigenvalue weighted by Gasteiger charge is -2.13. The number of hydrogen-bond acceptors (Lipinski definition) is 5. The van der Waals surface area contributed by atoms with E-state index in [2.05, 4.69) is 9.97 Å². The molecule has 5 rings (SSSR count). The van der Waals surface area contributed by atoms with Crippen molar-refractivity contribution in [3.05, 3.63) is 70.6 Å². The number of methoxy groups -OCH3 is 3. The fourth-order valence-electron chi connectivity index (χ4n) is 4.23. The molecular formula is C26H21ClFN3O4. The van der Waals surface area contributed by atoms with Crippen LogP contribution in [0.4, 0.5) is 4.39 Å². The maximum absolute atomic E-state index is 13.9. The van der Waals surface area contributed by atoms with E-state index in [9.17, 15) is 9.18 Å². The van der Waals surface area contributed by atoms with Gasteiger partial charge in [-0.05, 0) is 36.4 Å². The summed E-state index contributed by atoms with van der Waals surface area (Å²) in [6, 6.07) is 11.5. The van der Waals surface area contributed by atoms with Crippen LogP contribution in [0.15, 0.2) is 48.7 Å². The molecule has 2 aromatic heterocycles. The molecule has 2 heterocycles. The fourth-order valence-corrected chi connectivity index (χ4v) is 4.39. The van der Waals surface area contributed by atoms with Crippen LogP contribution in [0.5, 0.6) is 17.2 Å². The van der Waals surface area contributed by atoms with E-state index in [1.807, 2.05) is 29.9 Å². The van der Waals surface area contributed by atoms with Crippen molar-refractivity contribution in [3.63, 3.8) is 0 Å². The molecule has 0 amide bonds. The van der Waals surface area contributed by atoms with Crippen LogP contribution in [0.1, 0.15) is 15.9 Å². The summed E-state index contributed by atoms with van der Waals surface area (Å²) in [4.78, 5) is 21.2. The molecule has 0 fully saturated rings. The van der Waals surface area contributed by atoms with Crippen molar-refractivity contribution >= 4 is 39.3 Å². The Kier molecular flexibility index (Phi) is 5.61. The van der Waals surface area contributed by atoms with Gasteiger partial charge in [-0.25, -0.2) is 9.37 Å². The highest BCUT2D eigenvalue weighted by molar-refractivity contribution is 6.31. The van der Waals surface area contributed by atoms with Gasteiger partial charge in [-0.3, -0.25) is 4.79 Å². The van der Waals surface area contributed by atoms with Crippen LogP contribution in [0.25, 0.3) is 33.3 Å². The van der Waals surface area contributed by atoms with Gasteiger partial charge >= 0.3 is 0 Å². The third-order valence-electron chi connectivity index (χ3n) is 5.96. The Balaban J connectivity index is 1.63. The summed E-state index contributed by atoms with van der Waals surface area (Å²) in [6.07, 6.45) is 1.91. The Hall–Kier alpha value is -4.04. The molecule has 0 bridgehead atoms. The summed E-state index contributed by atoms with van der Waals surface area (Å²) in [6.45, 7) is 0. The van der Waals surface area contributed by atoms with Crippen molar-refractivity contribution in [2.24, 2.45) is 7.05 Å². The number of nitrogens with zero attached hydrogens (tertiary/aromatic N) is 2. The van der Waals surface area contributed by atoms with E-state index in [1.54, 1.807) is 18.2 Å². The fraction of sp³-hybridized carbons (Fsp3) is 0.154. The van der Waals surface area contributed by atoms with Gasteiger partial charge in [0.2, 0.25) is 5.75 Å². The van der Waals surface area contributed by atoms with Crippen molar-refractivity contribution in [1.82, 2.24) is 14.5 Å². The number of carbonyl (C=O) groups is 1. The van der Waals surface area contributed by atoms with E-state index in [-0.39, 0.29) is 10.8 Å². The second kappa shape index (κ2) is 8.63. The first-order valence-electron chi connectivity index (χ1n) is 10.6. The minimum atomic E-state index is -0.523. The van der Waals surface area contributed by atoms with Crippen LogP contribution in [-0.2, 0) is 7.05 Å². The summed E-state index contributed by atoms with van der Waals surface area (Å²) in [5.41, 5.74) is 3.63. The number of rotatable bonds is 6. The van der Waals surface area contributed by atoms with E-state index in [1.165, 1.54) is 33.5 Å². The summed E-state index contributed by atoms with van der Waals surface area (Å²) >= 11 is 5.92. The molecule has 0 aliphatic rings. The van der Waals surface area contributed by atoms with Crippen LogP contribution < -0.4 is 14.2 Å². The second-order valence-corrected chi connectivity index (χ2v) is 8.40. The SMILES string of the molecule is COc1cc(C(=O)c2ccc3c(c2)c(-c2nc4cc(Cl)c(F)cc4[nH]2)cn3C)cc(OC)c1OC. The van der Waals surface area contributed by atoms with Crippen LogP contribution >= 0.6 is 11.6 Å². The number of aromatic nitrogens is 3. The Morgan fingerprint density at radius 2 is 1.71 bits per heavy atom. The van der Waals surface area contributed by atoms with Crippen molar-refractivity contribution in [2.75, 3.05) is 21.3 Å². The first kappa shape index (κ1) is 22.7. The molecule has 35 heavy (non-hydrogen) atoms. The van der Waals surface area contributed by atoms with E-state index in [4.69, 9.17) is 25.8 Å². The number of H-pyrrole nitrogens is 1. The highest BCUT2D eigenvalue weighted by Crippen LogP contribution is 2.39. The molecule has 3 aromatic carbocycles. The zero-order valence-electron chi connectivity index (χ0n) is 19.4. The molecule has 0 aliphatic heterocycles. The normalized spacial score (nSPS) is 11.3. The number of aromatic amines is 1. The lowest BCUT2D eigenvalue weighted by Crippen LogP contribution is -2.04. The van der Waals surface area contributed by atoms with Crippen molar-refractivity contribution in [3.8, 4) is 28.6 Å². The number of imidazole rings is 1. The van der Waals surface area contributed by atoms with Gasteiger partial charge in [0.1, 0.15) is 11.6 Å². The van der Waals surface area contributed by atoms with Gasteiger partial charge in [-0.15, -0.1) is 0 Å². The Labute approximate surface area is 205 Å². The molecule has 9 heteroatoms. The average Bonchev–Trinajstić information content (AvgIpc) is 3.42. The molecule has 0 saturated carbocycles. The molecule has 0 spiro atoms. The molecule has 178 valence electrons. The number of ketones is 1. The topological polar surface area (TPSA) is 78.4 Å². The number of fused-ring (bicyclic) bond motifs is 2. The van der Waals surface area contributed by atoms with Gasteiger partial charge in [0.25, 0.3) is 0 Å². The summed E-state index contributed by atoms with van der Waals surface area (Å²) in [7, 11) is 6.42. The van der Waals surface area contributed by atoms with Gasteiger partial charge in [0.15, 0.2) is 17.3 Å². The van der Waals surface area contributed by atoms with Gasteiger partial charge < -0.3 is 23.8 Å². The number of carbonyl (C=O) groups excluding carboxylic acids is 1. The first-order valence-corrected chi connectivity index (χ1v) is 11.0. The number of aryl methyl sites for hydroxylation is 1. The number of benzene rings is 3. The third kappa shape index (κ3) is 3.76. The molecular weight excluding hydrogens is 473 g/mol. The standard InChI is InChI=1S/C26H21ClFN3O4/c1-31-12-16(26-29-19-10-17(27)18(28)11-20(19)30-26)15-7-13(5-6-21(15)31)24(32)14-8-22(33-2)25(35-4)23(9-14)34-3/h5-12H,1-4H3,(H,29,30). The van der Waals surface area contributed by atoms with Crippen LogP contribution in [0, 0.1) is 5.82 Å². The van der Waals surface area contributed by atoms with E-state index < -0.39 is 5.82 Å². The van der Waals surface area contributed by atoms with Crippen LogP contribution in [-0.4, -0.2) is 41.6 Å². The Bertz CT molecular complexity index is 1560. The largest absolute Gasteiger partial charge is 0.493 e. The average molecular weight is 494 g/mol. The number of nitrogens with one attached hydrogen (secondary N) is 1. The van der Waals surface area contributed by atoms with Crippen molar-refractivity contribution in [2.45, 2.75) is 0 Å². The molecule has 0 saturated heterocycles. The number of hydrogen-bond donors (Lipinski definition) is 1. The summed E-state index contributed by atoms with van der Waals surface area (Å²) in [5.74, 6) is 1.01. The minimum Gasteiger partial charge on any atom is -0.493 e. The van der Waals surface area contributed by atoms with Crippen molar-refractivity contribution < 1.29 is 23.4 Å². The molecule has 0 atom stereocenters.